The van der Waals surface area contributed by atoms with Crippen LogP contribution in [0.4, 0.5) is 0 Å². The molecule has 1 aromatic carbocycles. The van der Waals surface area contributed by atoms with Crippen molar-refractivity contribution in [1.82, 2.24) is 24.5 Å². The average molecular weight is 249 g/mol. The van der Waals surface area contributed by atoms with Gasteiger partial charge in [-0.15, -0.1) is 0 Å². The fraction of sp³-hybridized carbons (Fsp3) is 0.0714. The molecule has 0 aliphatic rings. The van der Waals surface area contributed by atoms with Gasteiger partial charge in [-0.3, -0.25) is 4.98 Å². The molecule has 3 heterocycles. The molecule has 5 nitrogen and oxygen atoms in total. The zero-order valence-corrected chi connectivity index (χ0v) is 10.3. The van der Waals surface area contributed by atoms with Gasteiger partial charge in [-0.1, -0.05) is 0 Å². The van der Waals surface area contributed by atoms with Gasteiger partial charge in [0, 0.05) is 25.0 Å². The summed E-state index contributed by atoms with van der Waals surface area (Å²) in [7, 11) is 1.98. The Hall–Kier alpha value is -2.69. The maximum Gasteiger partial charge on any atom is 0.138 e. The third-order valence-electron chi connectivity index (χ3n) is 3.28. The number of aromatic amines is 1. The summed E-state index contributed by atoms with van der Waals surface area (Å²) in [5.74, 6) is 0.854. The minimum atomic E-state index is 0.854. The molecule has 0 aliphatic heterocycles. The van der Waals surface area contributed by atoms with Crippen molar-refractivity contribution < 1.29 is 0 Å². The van der Waals surface area contributed by atoms with Crippen LogP contribution in [0.1, 0.15) is 0 Å². The Kier molecular flexibility index (Phi) is 1.97. The van der Waals surface area contributed by atoms with Crippen molar-refractivity contribution in [3.05, 3.63) is 43.0 Å². The number of nitrogens with zero attached hydrogens (tertiary/aromatic N) is 4. The van der Waals surface area contributed by atoms with Crippen molar-refractivity contribution in [3.8, 4) is 11.4 Å². The molecule has 1 N–H and O–H groups in total. The molecule has 5 heteroatoms. The lowest BCUT2D eigenvalue weighted by atomic mass is 10.2. The normalized spacial score (nSPS) is 11.4. The number of H-pyrrole nitrogens is 1. The van der Waals surface area contributed by atoms with Gasteiger partial charge in [0.25, 0.3) is 0 Å². The fourth-order valence-electron chi connectivity index (χ4n) is 2.28. The predicted molar refractivity (Wildman–Crippen MR) is 73.6 cm³/mol. The number of fused-ring (bicyclic) bond motifs is 2. The first kappa shape index (κ1) is 10.3. The second-order valence-electron chi connectivity index (χ2n) is 4.53. The molecule has 3 aromatic heterocycles. The highest BCUT2D eigenvalue weighted by Gasteiger charge is 2.08. The maximum absolute atomic E-state index is 4.63. The molecule has 0 atom stereocenters. The van der Waals surface area contributed by atoms with E-state index in [1.807, 2.05) is 36.1 Å². The molecule has 0 saturated carbocycles. The van der Waals surface area contributed by atoms with E-state index in [0.29, 0.717) is 0 Å². The summed E-state index contributed by atoms with van der Waals surface area (Å²) in [5.41, 5.74) is 5.03. The van der Waals surface area contributed by atoms with Crippen LogP contribution in [0.15, 0.2) is 43.0 Å². The number of hydrogen-bond acceptors (Lipinski definition) is 3. The van der Waals surface area contributed by atoms with Gasteiger partial charge in [0.1, 0.15) is 5.82 Å². The van der Waals surface area contributed by atoms with Gasteiger partial charge in [0.2, 0.25) is 0 Å². The third-order valence-corrected chi connectivity index (χ3v) is 3.28. The van der Waals surface area contributed by atoms with Gasteiger partial charge in [0.05, 0.1) is 28.4 Å². The smallest absolute Gasteiger partial charge is 0.138 e. The lowest BCUT2D eigenvalue weighted by molar-refractivity contribution is 0.948. The summed E-state index contributed by atoms with van der Waals surface area (Å²) in [6, 6.07) is 7.96. The number of imidazole rings is 2. The van der Waals surface area contributed by atoms with Crippen LogP contribution in [0.3, 0.4) is 0 Å². The van der Waals surface area contributed by atoms with E-state index in [-0.39, 0.29) is 0 Å². The van der Waals surface area contributed by atoms with Gasteiger partial charge in [-0.25, -0.2) is 9.97 Å². The molecule has 92 valence electrons. The van der Waals surface area contributed by atoms with Crippen LogP contribution in [0, 0.1) is 0 Å². The van der Waals surface area contributed by atoms with Crippen LogP contribution in [-0.2, 0) is 7.05 Å². The lowest BCUT2D eigenvalue weighted by Crippen LogP contribution is -1.83. The number of rotatable bonds is 1. The Morgan fingerprint density at radius 3 is 2.79 bits per heavy atom. The fourth-order valence-corrected chi connectivity index (χ4v) is 2.28. The Bertz CT molecular complexity index is 873. The van der Waals surface area contributed by atoms with Gasteiger partial charge in [0.15, 0.2) is 0 Å². The topological polar surface area (TPSA) is 59.4 Å². The number of hydrogen-bond donors (Lipinski definition) is 1. The number of nitrogens with one attached hydrogen (secondary N) is 1. The quantitative estimate of drug-likeness (QED) is 0.564. The number of aryl methyl sites for hydroxylation is 1. The van der Waals surface area contributed by atoms with E-state index in [2.05, 4.69) is 26.0 Å². The standard InChI is InChI=1S/C14H11N5/c1-19-8-16-12-6-10-11(7-13(12)19)18-14(17-10)9-2-4-15-5-3-9/h2-8H,1H3,(H,17,18). The zero-order chi connectivity index (χ0) is 12.8. The first-order valence-corrected chi connectivity index (χ1v) is 6.02. The summed E-state index contributed by atoms with van der Waals surface area (Å²) in [6.45, 7) is 0. The second kappa shape index (κ2) is 3.65. The van der Waals surface area contributed by atoms with Crippen LogP contribution in [0.5, 0.6) is 0 Å². The Morgan fingerprint density at radius 2 is 1.95 bits per heavy atom. The summed E-state index contributed by atoms with van der Waals surface area (Å²) in [6.07, 6.45) is 5.34. The van der Waals surface area contributed by atoms with E-state index in [1.54, 1.807) is 12.4 Å². The molecule has 0 bridgehead atoms. The maximum atomic E-state index is 4.63. The van der Waals surface area contributed by atoms with E-state index in [9.17, 15) is 0 Å². The summed E-state index contributed by atoms with van der Waals surface area (Å²) < 4.78 is 2.00. The Balaban J connectivity index is 1.98. The molecule has 0 spiro atoms. The van der Waals surface area contributed by atoms with Crippen LogP contribution in [0.2, 0.25) is 0 Å². The van der Waals surface area contributed by atoms with Crippen LogP contribution in [-0.4, -0.2) is 24.5 Å². The van der Waals surface area contributed by atoms with E-state index in [1.165, 1.54) is 0 Å². The number of aromatic nitrogens is 5. The van der Waals surface area contributed by atoms with Gasteiger partial charge < -0.3 is 9.55 Å². The van der Waals surface area contributed by atoms with Gasteiger partial charge in [-0.05, 0) is 24.3 Å². The zero-order valence-electron chi connectivity index (χ0n) is 10.3. The highest BCUT2D eigenvalue weighted by molar-refractivity contribution is 5.92. The minimum absolute atomic E-state index is 0.854. The van der Waals surface area contributed by atoms with Crippen molar-refractivity contribution in [3.63, 3.8) is 0 Å². The largest absolute Gasteiger partial charge is 0.338 e. The van der Waals surface area contributed by atoms with Gasteiger partial charge >= 0.3 is 0 Å². The molecular weight excluding hydrogens is 238 g/mol. The van der Waals surface area contributed by atoms with Crippen LogP contribution in [0.25, 0.3) is 33.5 Å². The van der Waals surface area contributed by atoms with Gasteiger partial charge in [-0.2, -0.15) is 0 Å². The average Bonchev–Trinajstić information content (AvgIpc) is 3.02. The number of pyridine rings is 1. The third kappa shape index (κ3) is 1.52. The molecular formula is C14H11N5. The van der Waals surface area contributed by atoms with Crippen molar-refractivity contribution in [2.45, 2.75) is 0 Å². The highest BCUT2D eigenvalue weighted by atomic mass is 15.0. The van der Waals surface area contributed by atoms with E-state index in [4.69, 9.17) is 0 Å². The SMILES string of the molecule is Cn1cnc2cc3[nH]c(-c4ccncc4)nc3cc21. The summed E-state index contributed by atoms with van der Waals surface area (Å²) in [5, 5.41) is 0. The first-order chi connectivity index (χ1) is 9.31. The van der Waals surface area contributed by atoms with Crippen molar-refractivity contribution in [2.75, 3.05) is 0 Å². The molecule has 0 fully saturated rings. The molecule has 0 radical (unpaired) electrons. The Labute approximate surface area is 109 Å². The molecule has 19 heavy (non-hydrogen) atoms. The minimum Gasteiger partial charge on any atom is -0.338 e. The van der Waals surface area contributed by atoms with Crippen LogP contribution >= 0.6 is 0 Å². The Morgan fingerprint density at radius 1 is 1.11 bits per heavy atom. The first-order valence-electron chi connectivity index (χ1n) is 6.02. The highest BCUT2D eigenvalue weighted by Crippen LogP contribution is 2.23. The molecule has 0 aliphatic carbocycles. The summed E-state index contributed by atoms with van der Waals surface area (Å²) in [4.78, 5) is 16.3. The predicted octanol–water partition coefficient (Wildman–Crippen LogP) is 2.51. The molecule has 0 saturated heterocycles. The van der Waals surface area contributed by atoms with E-state index >= 15 is 0 Å². The summed E-state index contributed by atoms with van der Waals surface area (Å²) >= 11 is 0. The lowest BCUT2D eigenvalue weighted by Gasteiger charge is -1.93. The molecule has 0 unspecified atom stereocenters. The van der Waals surface area contributed by atoms with Crippen molar-refractivity contribution in [1.29, 1.82) is 0 Å². The van der Waals surface area contributed by atoms with Crippen LogP contribution < -0.4 is 0 Å². The van der Waals surface area contributed by atoms with E-state index in [0.717, 1.165) is 33.5 Å². The molecule has 4 aromatic rings. The van der Waals surface area contributed by atoms with E-state index < -0.39 is 0 Å². The monoisotopic (exact) mass is 249 g/mol. The second-order valence-corrected chi connectivity index (χ2v) is 4.53. The molecule has 0 amide bonds. The number of benzene rings is 1. The van der Waals surface area contributed by atoms with Crippen molar-refractivity contribution in [2.24, 2.45) is 7.05 Å². The van der Waals surface area contributed by atoms with Crippen molar-refractivity contribution >= 4 is 22.1 Å². The molecule has 4 rings (SSSR count).